The van der Waals surface area contributed by atoms with Crippen LogP contribution < -0.4 is 14.5 Å². The van der Waals surface area contributed by atoms with Crippen molar-refractivity contribution in [2.75, 3.05) is 62.8 Å². The maximum absolute atomic E-state index is 13.4. The van der Waals surface area contributed by atoms with Crippen molar-refractivity contribution in [3.63, 3.8) is 0 Å². The van der Waals surface area contributed by atoms with E-state index in [1.165, 1.54) is 5.69 Å². The van der Waals surface area contributed by atoms with Crippen LogP contribution in [-0.4, -0.2) is 79.7 Å². The molecule has 1 atom stereocenters. The molecule has 3 heterocycles. The van der Waals surface area contributed by atoms with Crippen molar-refractivity contribution >= 4 is 35.1 Å². The quantitative estimate of drug-likeness (QED) is 0.165. The standard InChI is InChI=1S/C35H45N5O4S/c1-6-44-33(42)27-11-8-16-40(23-27)32(41)26-10-7-9-25(21-26)24-45-34-36-30(35(2,3)4)22-31(37-34)39-19-17-38(18-20-39)28-12-14-29(43-5)15-13-28/h7,9-10,12-15,21-22,27H,6,8,11,16-20,23-24H2,1-5H3/t27-/m0/s1. The third-order valence-electron chi connectivity index (χ3n) is 8.37. The van der Waals surface area contributed by atoms with E-state index in [0.717, 1.165) is 67.0 Å². The molecule has 1 amide bonds. The molecule has 2 saturated heterocycles. The highest BCUT2D eigenvalue weighted by Crippen LogP contribution is 2.30. The number of carbonyl (C=O) groups excluding carboxylic acids is 2. The van der Waals surface area contributed by atoms with Crippen molar-refractivity contribution in [1.82, 2.24) is 14.9 Å². The summed E-state index contributed by atoms with van der Waals surface area (Å²) in [5, 5.41) is 0.736. The number of carbonyl (C=O) groups is 2. The average Bonchev–Trinajstić information content (AvgIpc) is 3.07. The van der Waals surface area contributed by atoms with Crippen LogP contribution in [-0.2, 0) is 20.7 Å². The van der Waals surface area contributed by atoms with Crippen LogP contribution in [0, 0.1) is 5.92 Å². The van der Waals surface area contributed by atoms with Gasteiger partial charge in [0, 0.05) is 67.8 Å². The molecule has 3 aromatic rings. The first kappa shape index (κ1) is 32.6. The van der Waals surface area contributed by atoms with Gasteiger partial charge in [0.25, 0.3) is 5.91 Å². The number of thioether (sulfide) groups is 1. The lowest BCUT2D eigenvalue weighted by Gasteiger charge is -2.37. The van der Waals surface area contributed by atoms with Crippen LogP contribution in [0.3, 0.4) is 0 Å². The van der Waals surface area contributed by atoms with Gasteiger partial charge in [0.15, 0.2) is 5.16 Å². The Morgan fingerprint density at radius 2 is 1.69 bits per heavy atom. The molecule has 1 aromatic heterocycles. The summed E-state index contributed by atoms with van der Waals surface area (Å²) in [5.74, 6) is 1.95. The molecule has 0 radical (unpaired) electrons. The molecule has 0 bridgehead atoms. The van der Waals surface area contributed by atoms with Gasteiger partial charge >= 0.3 is 5.97 Å². The van der Waals surface area contributed by atoms with Gasteiger partial charge in [-0.2, -0.15) is 0 Å². The molecular formula is C35H45N5O4S. The molecule has 10 heteroatoms. The van der Waals surface area contributed by atoms with E-state index in [2.05, 4.69) is 48.8 Å². The number of methoxy groups -OCH3 is 1. The Balaban J connectivity index is 1.25. The molecule has 45 heavy (non-hydrogen) atoms. The number of likely N-dealkylation sites (tertiary alicyclic amines) is 1. The first-order valence-corrected chi connectivity index (χ1v) is 16.8. The SMILES string of the molecule is CCOC(=O)[C@H]1CCCN(C(=O)c2cccc(CSc3nc(N4CCN(c5ccc(OC)cc5)CC4)cc(C(C)(C)C)n3)c2)C1. The van der Waals surface area contributed by atoms with E-state index in [1.807, 2.05) is 43.3 Å². The zero-order valence-corrected chi connectivity index (χ0v) is 27.9. The number of aromatic nitrogens is 2. The van der Waals surface area contributed by atoms with Gasteiger partial charge in [0.05, 0.1) is 25.3 Å². The van der Waals surface area contributed by atoms with Crippen LogP contribution in [0.2, 0.25) is 0 Å². The maximum atomic E-state index is 13.4. The van der Waals surface area contributed by atoms with Crippen molar-refractivity contribution in [2.24, 2.45) is 5.92 Å². The Morgan fingerprint density at radius 3 is 2.38 bits per heavy atom. The topological polar surface area (TPSA) is 88.1 Å². The van der Waals surface area contributed by atoms with Crippen molar-refractivity contribution < 1.29 is 19.1 Å². The first-order valence-electron chi connectivity index (χ1n) is 15.9. The van der Waals surface area contributed by atoms with E-state index in [-0.39, 0.29) is 23.2 Å². The predicted octanol–water partition coefficient (Wildman–Crippen LogP) is 5.82. The van der Waals surface area contributed by atoms with Gasteiger partial charge in [0.1, 0.15) is 11.6 Å². The molecule has 2 fully saturated rings. The lowest BCUT2D eigenvalue weighted by molar-refractivity contribution is -0.149. The number of esters is 1. The zero-order chi connectivity index (χ0) is 32.0. The molecule has 2 aliphatic heterocycles. The number of anilines is 2. The highest BCUT2D eigenvalue weighted by Gasteiger charge is 2.30. The van der Waals surface area contributed by atoms with Gasteiger partial charge in [-0.15, -0.1) is 0 Å². The number of hydrogen-bond acceptors (Lipinski definition) is 9. The van der Waals surface area contributed by atoms with Gasteiger partial charge in [0.2, 0.25) is 0 Å². The van der Waals surface area contributed by atoms with Gasteiger partial charge < -0.3 is 24.2 Å². The summed E-state index contributed by atoms with van der Waals surface area (Å²) in [4.78, 5) is 42.2. The average molecular weight is 632 g/mol. The van der Waals surface area contributed by atoms with Gasteiger partial charge in [-0.05, 0) is 61.7 Å². The summed E-state index contributed by atoms with van der Waals surface area (Å²) in [6.07, 6.45) is 1.55. The van der Waals surface area contributed by atoms with Gasteiger partial charge in [-0.3, -0.25) is 9.59 Å². The summed E-state index contributed by atoms with van der Waals surface area (Å²) in [7, 11) is 1.69. The summed E-state index contributed by atoms with van der Waals surface area (Å²) < 4.78 is 10.5. The molecular weight excluding hydrogens is 586 g/mol. The van der Waals surface area contributed by atoms with E-state index >= 15 is 0 Å². The predicted molar refractivity (Wildman–Crippen MR) is 179 cm³/mol. The minimum absolute atomic E-state index is 0.0436. The van der Waals surface area contributed by atoms with Crippen molar-refractivity contribution in [3.8, 4) is 5.75 Å². The number of hydrogen-bond donors (Lipinski definition) is 0. The number of amides is 1. The fourth-order valence-corrected chi connectivity index (χ4v) is 6.55. The lowest BCUT2D eigenvalue weighted by Crippen LogP contribution is -2.47. The van der Waals surface area contributed by atoms with Crippen LogP contribution in [0.15, 0.2) is 59.8 Å². The first-order chi connectivity index (χ1) is 21.6. The van der Waals surface area contributed by atoms with Crippen molar-refractivity contribution in [1.29, 1.82) is 0 Å². The molecule has 0 saturated carbocycles. The van der Waals surface area contributed by atoms with Crippen LogP contribution in [0.1, 0.15) is 62.2 Å². The van der Waals surface area contributed by atoms with Crippen molar-refractivity contribution in [3.05, 3.63) is 71.4 Å². The smallest absolute Gasteiger partial charge is 0.310 e. The Morgan fingerprint density at radius 1 is 0.956 bits per heavy atom. The zero-order valence-electron chi connectivity index (χ0n) is 27.1. The molecule has 0 aliphatic carbocycles. The van der Waals surface area contributed by atoms with Crippen molar-refractivity contribution in [2.45, 2.75) is 56.9 Å². The van der Waals surface area contributed by atoms with Crippen LogP contribution in [0.4, 0.5) is 11.5 Å². The number of ether oxygens (including phenoxy) is 2. The Bertz CT molecular complexity index is 1470. The lowest BCUT2D eigenvalue weighted by atomic mass is 9.92. The summed E-state index contributed by atoms with van der Waals surface area (Å²) in [5.41, 5.74) is 3.75. The molecule has 240 valence electrons. The highest BCUT2D eigenvalue weighted by atomic mass is 32.2. The third-order valence-corrected chi connectivity index (χ3v) is 9.29. The second-order valence-electron chi connectivity index (χ2n) is 12.6. The van der Waals surface area contributed by atoms with E-state index in [9.17, 15) is 9.59 Å². The number of nitrogens with zero attached hydrogens (tertiary/aromatic N) is 5. The molecule has 9 nitrogen and oxygen atoms in total. The number of benzene rings is 2. The summed E-state index contributed by atoms with van der Waals surface area (Å²) in [6.45, 7) is 13.3. The van der Waals surface area contributed by atoms with E-state index in [4.69, 9.17) is 19.4 Å². The Kier molecular flexibility index (Phi) is 10.5. The van der Waals surface area contributed by atoms with E-state index < -0.39 is 0 Å². The Hall–Kier alpha value is -3.79. The second kappa shape index (κ2) is 14.5. The molecule has 0 spiro atoms. The van der Waals surface area contributed by atoms with Gasteiger partial charge in [-0.25, -0.2) is 9.97 Å². The van der Waals surface area contributed by atoms with Crippen LogP contribution in [0.25, 0.3) is 0 Å². The minimum atomic E-state index is -0.256. The second-order valence-corrected chi connectivity index (χ2v) is 13.6. The normalized spacial score (nSPS) is 17.3. The largest absolute Gasteiger partial charge is 0.497 e. The Labute approximate surface area is 271 Å². The van der Waals surface area contributed by atoms with E-state index in [0.29, 0.717) is 31.0 Å². The number of piperazine rings is 1. The number of rotatable bonds is 9. The third kappa shape index (κ3) is 8.28. The van der Waals surface area contributed by atoms with E-state index in [1.54, 1.807) is 23.8 Å². The number of piperidine rings is 1. The fourth-order valence-electron chi connectivity index (χ4n) is 5.75. The minimum Gasteiger partial charge on any atom is -0.497 e. The maximum Gasteiger partial charge on any atom is 0.310 e. The van der Waals surface area contributed by atoms with Crippen LogP contribution in [0.5, 0.6) is 5.75 Å². The summed E-state index contributed by atoms with van der Waals surface area (Å²) in [6, 6.07) is 18.1. The molecule has 2 aromatic carbocycles. The molecule has 0 N–H and O–H groups in total. The molecule has 5 rings (SSSR count). The summed E-state index contributed by atoms with van der Waals surface area (Å²) >= 11 is 1.59. The molecule has 2 aliphatic rings. The van der Waals surface area contributed by atoms with Crippen LogP contribution >= 0.6 is 11.8 Å². The fraction of sp³-hybridized carbons (Fsp3) is 0.486. The highest BCUT2D eigenvalue weighted by molar-refractivity contribution is 7.98. The molecule has 0 unspecified atom stereocenters. The monoisotopic (exact) mass is 631 g/mol. The van der Waals surface area contributed by atoms with Gasteiger partial charge in [-0.1, -0.05) is 44.7 Å².